The first-order chi connectivity index (χ1) is 8.25. The normalized spacial score (nSPS) is 24.4. The Hall–Kier alpha value is 0.423. The van der Waals surface area contributed by atoms with E-state index in [9.17, 15) is 0 Å². The molecule has 0 fully saturated rings. The minimum absolute atomic E-state index is 0. The zero-order valence-corrected chi connectivity index (χ0v) is 15.9. The van der Waals surface area contributed by atoms with Crippen molar-refractivity contribution in [1.29, 1.82) is 0 Å². The molecular weight excluding hydrogens is 354 g/mol. The SMILES string of the molecule is CCC1=C(CC)[C](CC)([Zr+2][CH]2C=CC=C2)C=C1.[Cl-].[Cl-]. The minimum atomic E-state index is -0.476. The molecule has 0 N–H and O–H groups in total. The predicted octanol–water partition coefficient (Wildman–Crippen LogP) is -0.753. The molecule has 104 valence electrons. The van der Waals surface area contributed by atoms with E-state index >= 15 is 0 Å². The van der Waals surface area contributed by atoms with Gasteiger partial charge in [0.1, 0.15) is 0 Å². The number of rotatable bonds is 5. The molecule has 0 aliphatic heterocycles. The van der Waals surface area contributed by atoms with Crippen molar-refractivity contribution in [1.82, 2.24) is 0 Å². The molecule has 2 aliphatic carbocycles. The topological polar surface area (TPSA) is 0 Å². The van der Waals surface area contributed by atoms with Crippen LogP contribution in [0.25, 0.3) is 0 Å². The van der Waals surface area contributed by atoms with E-state index in [1.807, 2.05) is 0 Å². The largest absolute Gasteiger partial charge is 1.00 e. The van der Waals surface area contributed by atoms with Gasteiger partial charge in [0.05, 0.1) is 0 Å². The Balaban J connectivity index is 0.00000162. The van der Waals surface area contributed by atoms with Crippen LogP contribution in [-0.4, -0.2) is 0 Å². The molecule has 1 atom stereocenters. The summed E-state index contributed by atoms with van der Waals surface area (Å²) in [6.07, 6.45) is 18.0. The third kappa shape index (κ3) is 3.96. The Kier molecular flexibility index (Phi) is 8.85. The molecule has 0 saturated carbocycles. The van der Waals surface area contributed by atoms with Crippen molar-refractivity contribution in [3.05, 3.63) is 47.6 Å². The second-order valence-corrected chi connectivity index (χ2v) is 9.35. The van der Waals surface area contributed by atoms with Gasteiger partial charge in [0, 0.05) is 0 Å². The maximum atomic E-state index is 2.55. The maximum Gasteiger partial charge on any atom is -1.00 e. The van der Waals surface area contributed by atoms with Crippen LogP contribution in [0, 0.1) is 0 Å². The predicted molar refractivity (Wildman–Crippen MR) is 71.8 cm³/mol. The van der Waals surface area contributed by atoms with Crippen LogP contribution in [0.15, 0.2) is 47.6 Å². The molecule has 0 bridgehead atoms. The van der Waals surface area contributed by atoms with Gasteiger partial charge in [0.2, 0.25) is 0 Å². The molecule has 0 saturated heterocycles. The monoisotopic (exact) mass is 374 g/mol. The van der Waals surface area contributed by atoms with Crippen LogP contribution in [-0.2, 0) is 23.2 Å². The first kappa shape index (κ1) is 19.4. The van der Waals surface area contributed by atoms with E-state index in [2.05, 4.69) is 57.2 Å². The van der Waals surface area contributed by atoms with Gasteiger partial charge in [-0.1, -0.05) is 0 Å². The van der Waals surface area contributed by atoms with Crippen molar-refractivity contribution in [3.63, 3.8) is 0 Å². The van der Waals surface area contributed by atoms with Crippen molar-refractivity contribution in [2.24, 2.45) is 0 Å². The van der Waals surface area contributed by atoms with Gasteiger partial charge in [-0.2, -0.15) is 0 Å². The quantitative estimate of drug-likeness (QED) is 0.592. The van der Waals surface area contributed by atoms with Gasteiger partial charge in [-0.15, -0.1) is 0 Å². The van der Waals surface area contributed by atoms with Crippen LogP contribution in [0.2, 0.25) is 6.75 Å². The first-order valence-electron chi connectivity index (χ1n) is 6.80. The fraction of sp³-hybridized carbons (Fsp3) is 0.500. The third-order valence-electron chi connectivity index (χ3n) is 3.96. The van der Waals surface area contributed by atoms with E-state index in [0.717, 1.165) is 3.63 Å². The average molecular weight is 376 g/mol. The average Bonchev–Trinajstić information content (AvgIpc) is 2.97. The van der Waals surface area contributed by atoms with Gasteiger partial charge in [-0.3, -0.25) is 0 Å². The molecule has 19 heavy (non-hydrogen) atoms. The van der Waals surface area contributed by atoms with Crippen LogP contribution in [0.1, 0.15) is 40.0 Å². The van der Waals surface area contributed by atoms with Gasteiger partial charge in [0.15, 0.2) is 0 Å². The zero-order valence-electron chi connectivity index (χ0n) is 11.9. The Labute approximate surface area is 141 Å². The van der Waals surface area contributed by atoms with Crippen molar-refractivity contribution in [2.75, 3.05) is 0 Å². The molecular formula is C16H22Cl2Zr. The molecule has 0 aromatic heterocycles. The van der Waals surface area contributed by atoms with Gasteiger partial charge in [-0.25, -0.2) is 0 Å². The van der Waals surface area contributed by atoms with E-state index in [1.54, 1.807) is 11.1 Å². The second-order valence-electron chi connectivity index (χ2n) is 4.81. The molecule has 2 rings (SSSR count). The second kappa shape index (κ2) is 8.65. The van der Waals surface area contributed by atoms with Crippen molar-refractivity contribution in [3.8, 4) is 0 Å². The number of hydrogen-bond acceptors (Lipinski definition) is 0. The number of allylic oxidation sites excluding steroid dienone is 8. The Morgan fingerprint density at radius 3 is 2.16 bits per heavy atom. The summed E-state index contributed by atoms with van der Waals surface area (Å²) < 4.78 is 1.31. The molecule has 1 unspecified atom stereocenters. The standard InChI is InChI=1S/C11H17.C5H5.2ClH.Zr/c1-4-9-7-8-10(5-2)11(9)6-3;1-2-4-5-3-1;;;/h7-8H,4-6H2,1-3H3;1-5H;2*1H;/q;;;;+2/p-2. The van der Waals surface area contributed by atoms with Crippen LogP contribution in [0.4, 0.5) is 0 Å². The van der Waals surface area contributed by atoms with E-state index in [4.69, 9.17) is 0 Å². The molecule has 0 aromatic carbocycles. The van der Waals surface area contributed by atoms with E-state index in [0.29, 0.717) is 3.12 Å². The van der Waals surface area contributed by atoms with Crippen LogP contribution in [0.5, 0.6) is 0 Å². The minimum Gasteiger partial charge on any atom is -1.00 e. The van der Waals surface area contributed by atoms with E-state index in [1.165, 1.54) is 19.3 Å². The molecule has 0 spiro atoms. The summed E-state index contributed by atoms with van der Waals surface area (Å²) in [5.41, 5.74) is 3.39. The third-order valence-corrected chi connectivity index (χ3v) is 9.01. The van der Waals surface area contributed by atoms with Crippen molar-refractivity contribution >= 4 is 0 Å². The van der Waals surface area contributed by atoms with Crippen LogP contribution >= 0.6 is 0 Å². The molecule has 3 heteroatoms. The number of hydrogen-bond donors (Lipinski definition) is 0. The Bertz CT molecular complexity index is 395. The summed E-state index contributed by atoms with van der Waals surface area (Å²) in [6.45, 7) is 7.01. The van der Waals surface area contributed by atoms with Crippen molar-refractivity contribution in [2.45, 2.75) is 46.8 Å². The van der Waals surface area contributed by atoms with Crippen LogP contribution in [0.3, 0.4) is 0 Å². The summed E-state index contributed by atoms with van der Waals surface area (Å²) in [5, 5.41) is 0. The summed E-state index contributed by atoms with van der Waals surface area (Å²) in [7, 11) is 0. The molecule has 0 aromatic rings. The van der Waals surface area contributed by atoms with Crippen molar-refractivity contribution < 1.29 is 48.0 Å². The summed E-state index contributed by atoms with van der Waals surface area (Å²) >= 11 is -0.476. The van der Waals surface area contributed by atoms with Gasteiger partial charge < -0.3 is 24.8 Å². The molecule has 0 nitrogen and oxygen atoms in total. The maximum absolute atomic E-state index is 2.55. The van der Waals surface area contributed by atoms with Gasteiger partial charge in [0.25, 0.3) is 0 Å². The zero-order chi connectivity index (χ0) is 12.3. The summed E-state index contributed by atoms with van der Waals surface area (Å²) in [5.74, 6) is 0. The van der Waals surface area contributed by atoms with Gasteiger partial charge >= 0.3 is 118 Å². The summed E-state index contributed by atoms with van der Waals surface area (Å²) in [4.78, 5) is 0. The first-order valence-corrected chi connectivity index (χ1v) is 9.45. The van der Waals surface area contributed by atoms with E-state index in [-0.39, 0.29) is 24.8 Å². The van der Waals surface area contributed by atoms with Gasteiger partial charge in [-0.05, 0) is 0 Å². The Morgan fingerprint density at radius 1 is 1.05 bits per heavy atom. The Morgan fingerprint density at radius 2 is 1.68 bits per heavy atom. The molecule has 0 amide bonds. The molecule has 0 radical (unpaired) electrons. The number of halogens is 2. The van der Waals surface area contributed by atoms with Crippen LogP contribution < -0.4 is 24.8 Å². The summed E-state index contributed by atoms with van der Waals surface area (Å²) in [6, 6.07) is 0. The molecule has 2 aliphatic rings. The van der Waals surface area contributed by atoms with E-state index < -0.39 is 23.2 Å². The smallest absolute Gasteiger partial charge is 1.00 e. The fourth-order valence-electron chi connectivity index (χ4n) is 3.00. The fourth-order valence-corrected chi connectivity index (χ4v) is 7.68. The molecule has 0 heterocycles.